The molecule has 2 aliphatic rings. The molecule has 0 saturated heterocycles. The third kappa shape index (κ3) is 6.87. The number of aryl methyl sites for hydroxylation is 1. The Morgan fingerprint density at radius 1 is 0.600 bits per heavy atom. The fourth-order valence-corrected chi connectivity index (χ4v) is 7.00. The molecule has 3 nitrogen and oxygen atoms in total. The molecule has 3 aromatic rings. The Morgan fingerprint density at radius 2 is 1.04 bits per heavy atom. The number of benzene rings is 3. The van der Waals surface area contributed by atoms with Crippen LogP contribution in [-0.4, -0.2) is 12.6 Å². The SMILES string of the molecule is CCCc1ccc(C2CCC(C(=O)Oc3ccc(C4CCC(c5ccc(OCC)c(F)c5F)CC4)c(F)c3F)CC2)c(F)c1F. The fourth-order valence-electron chi connectivity index (χ4n) is 7.00. The smallest absolute Gasteiger partial charge is 0.314 e. The topological polar surface area (TPSA) is 35.5 Å². The summed E-state index contributed by atoms with van der Waals surface area (Å²) in [4.78, 5) is 12.9. The minimum Gasteiger partial charge on any atom is -0.491 e. The minimum absolute atomic E-state index is 0.140. The first kappa shape index (κ1) is 32.9. The van der Waals surface area contributed by atoms with E-state index in [0.717, 1.165) is 0 Å². The second-order valence-electron chi connectivity index (χ2n) is 12.2. The van der Waals surface area contributed by atoms with Gasteiger partial charge in [-0.15, -0.1) is 0 Å². The summed E-state index contributed by atoms with van der Waals surface area (Å²) in [6, 6.07) is 8.84. The van der Waals surface area contributed by atoms with Crippen LogP contribution in [0.5, 0.6) is 11.5 Å². The molecule has 0 radical (unpaired) electrons. The van der Waals surface area contributed by atoms with Gasteiger partial charge >= 0.3 is 5.97 Å². The highest BCUT2D eigenvalue weighted by Gasteiger charge is 2.33. The van der Waals surface area contributed by atoms with Crippen LogP contribution in [0.25, 0.3) is 0 Å². The number of carbonyl (C=O) groups excluding carboxylic acids is 1. The number of rotatable bonds is 9. The highest BCUT2D eigenvalue weighted by atomic mass is 19.2. The van der Waals surface area contributed by atoms with E-state index in [0.29, 0.717) is 75.3 Å². The predicted octanol–water partition coefficient (Wildman–Crippen LogP) is 10.2. The first-order chi connectivity index (χ1) is 21.6. The second-order valence-corrected chi connectivity index (χ2v) is 12.2. The quantitative estimate of drug-likeness (QED) is 0.134. The number of hydrogen-bond donors (Lipinski definition) is 0. The summed E-state index contributed by atoms with van der Waals surface area (Å²) in [7, 11) is 0. The Labute approximate surface area is 259 Å². The highest BCUT2D eigenvalue weighted by molar-refractivity contribution is 5.75. The highest BCUT2D eigenvalue weighted by Crippen LogP contribution is 2.44. The maximum absolute atomic E-state index is 15.2. The summed E-state index contributed by atoms with van der Waals surface area (Å²) in [6.07, 6.45) is 4.57. The average Bonchev–Trinajstić information content (AvgIpc) is 3.05. The summed E-state index contributed by atoms with van der Waals surface area (Å²) in [6.45, 7) is 3.79. The lowest BCUT2D eigenvalue weighted by atomic mass is 9.76. The molecule has 0 unspecified atom stereocenters. The standard InChI is InChI=1S/C36H38F6O3/c1-3-5-23-14-15-25(31(38)30(23)37)22-10-12-24(13-11-22)36(43)45-29-19-17-27(33(40)35(29)42)21-8-6-20(7-9-21)26-16-18-28(44-4-2)34(41)32(26)39/h14-22,24H,3-13H2,1-2H3. The van der Waals surface area contributed by atoms with Crippen molar-refractivity contribution >= 4 is 5.97 Å². The van der Waals surface area contributed by atoms with E-state index in [9.17, 15) is 22.4 Å². The molecule has 0 atom stereocenters. The molecule has 0 aromatic heterocycles. The van der Waals surface area contributed by atoms with Crippen LogP contribution in [0.3, 0.4) is 0 Å². The molecule has 0 bridgehead atoms. The number of esters is 1. The van der Waals surface area contributed by atoms with Crippen molar-refractivity contribution in [1.82, 2.24) is 0 Å². The van der Waals surface area contributed by atoms with E-state index in [-0.39, 0.29) is 41.2 Å². The molecule has 2 saturated carbocycles. The third-order valence-electron chi connectivity index (χ3n) is 9.48. The van der Waals surface area contributed by atoms with Crippen molar-refractivity contribution in [3.05, 3.63) is 93.6 Å². The Kier molecular flexibility index (Phi) is 10.4. The van der Waals surface area contributed by atoms with Crippen molar-refractivity contribution in [3.63, 3.8) is 0 Å². The van der Waals surface area contributed by atoms with Gasteiger partial charge in [0.1, 0.15) is 0 Å². The number of carbonyl (C=O) groups is 1. The molecule has 0 N–H and O–H groups in total. The van der Waals surface area contributed by atoms with Crippen molar-refractivity contribution in [2.45, 2.75) is 95.8 Å². The Morgan fingerprint density at radius 3 is 1.56 bits per heavy atom. The van der Waals surface area contributed by atoms with Gasteiger partial charge in [0.25, 0.3) is 0 Å². The molecule has 0 amide bonds. The molecule has 5 rings (SSSR count). The molecule has 242 valence electrons. The Hall–Kier alpha value is -3.49. The van der Waals surface area contributed by atoms with Crippen LogP contribution in [0, 0.1) is 40.8 Å². The lowest BCUT2D eigenvalue weighted by molar-refractivity contribution is -0.140. The molecular weight excluding hydrogens is 594 g/mol. The van der Waals surface area contributed by atoms with Gasteiger partial charge in [-0.05, 0) is 117 Å². The van der Waals surface area contributed by atoms with Crippen LogP contribution in [0.4, 0.5) is 26.3 Å². The maximum Gasteiger partial charge on any atom is 0.314 e. The van der Waals surface area contributed by atoms with E-state index < -0.39 is 52.5 Å². The van der Waals surface area contributed by atoms with E-state index >= 15 is 8.78 Å². The van der Waals surface area contributed by atoms with Gasteiger partial charge in [-0.1, -0.05) is 37.6 Å². The maximum atomic E-state index is 15.2. The first-order valence-electron chi connectivity index (χ1n) is 15.9. The van der Waals surface area contributed by atoms with Gasteiger partial charge in [0, 0.05) is 0 Å². The van der Waals surface area contributed by atoms with Crippen molar-refractivity contribution in [2.24, 2.45) is 5.92 Å². The zero-order chi connectivity index (χ0) is 32.2. The lowest BCUT2D eigenvalue weighted by Crippen LogP contribution is -2.26. The van der Waals surface area contributed by atoms with Crippen LogP contribution in [0.1, 0.15) is 112 Å². The molecule has 0 heterocycles. The number of ether oxygens (including phenoxy) is 2. The van der Waals surface area contributed by atoms with Gasteiger partial charge in [0.05, 0.1) is 12.5 Å². The largest absolute Gasteiger partial charge is 0.491 e. The molecule has 9 heteroatoms. The van der Waals surface area contributed by atoms with Gasteiger partial charge in [0.15, 0.2) is 34.8 Å². The summed E-state index contributed by atoms with van der Waals surface area (Å²) >= 11 is 0. The van der Waals surface area contributed by atoms with Crippen molar-refractivity contribution in [2.75, 3.05) is 6.61 Å². The normalized spacial score (nSPS) is 21.9. The van der Waals surface area contributed by atoms with Gasteiger partial charge in [-0.25, -0.2) is 17.6 Å². The average molecular weight is 633 g/mol. The fraction of sp³-hybridized carbons (Fsp3) is 0.472. The van der Waals surface area contributed by atoms with Crippen molar-refractivity contribution in [1.29, 1.82) is 0 Å². The van der Waals surface area contributed by atoms with Gasteiger partial charge in [-0.2, -0.15) is 8.78 Å². The molecule has 0 spiro atoms. The van der Waals surface area contributed by atoms with Gasteiger partial charge < -0.3 is 9.47 Å². The van der Waals surface area contributed by atoms with Crippen molar-refractivity contribution in [3.8, 4) is 11.5 Å². The summed E-state index contributed by atoms with van der Waals surface area (Å²) in [5.74, 6) is -8.68. The number of hydrogen-bond acceptors (Lipinski definition) is 3. The predicted molar refractivity (Wildman–Crippen MR) is 159 cm³/mol. The summed E-state index contributed by atoms with van der Waals surface area (Å²) in [5, 5.41) is 0. The third-order valence-corrected chi connectivity index (χ3v) is 9.48. The summed E-state index contributed by atoms with van der Waals surface area (Å²) < 4.78 is 99.1. The zero-order valence-electron chi connectivity index (χ0n) is 25.5. The zero-order valence-corrected chi connectivity index (χ0v) is 25.5. The minimum atomic E-state index is -1.25. The van der Waals surface area contributed by atoms with Crippen LogP contribution in [-0.2, 0) is 11.2 Å². The Bertz CT molecular complexity index is 1520. The number of halogens is 6. The molecule has 2 fully saturated rings. The molecule has 2 aliphatic carbocycles. The van der Waals surface area contributed by atoms with E-state index in [4.69, 9.17) is 9.47 Å². The second kappa shape index (κ2) is 14.3. The molecule has 45 heavy (non-hydrogen) atoms. The van der Waals surface area contributed by atoms with E-state index in [1.807, 2.05) is 6.92 Å². The Balaban J connectivity index is 1.18. The molecular formula is C36H38F6O3. The van der Waals surface area contributed by atoms with Crippen LogP contribution >= 0.6 is 0 Å². The van der Waals surface area contributed by atoms with E-state index in [1.54, 1.807) is 19.1 Å². The van der Waals surface area contributed by atoms with E-state index in [2.05, 4.69) is 0 Å². The van der Waals surface area contributed by atoms with E-state index in [1.165, 1.54) is 24.3 Å². The molecule has 3 aromatic carbocycles. The summed E-state index contributed by atoms with van der Waals surface area (Å²) in [5.41, 5.74) is 1.05. The lowest BCUT2D eigenvalue weighted by Gasteiger charge is -2.30. The van der Waals surface area contributed by atoms with Crippen LogP contribution < -0.4 is 9.47 Å². The van der Waals surface area contributed by atoms with Crippen LogP contribution in [0.2, 0.25) is 0 Å². The van der Waals surface area contributed by atoms with Crippen LogP contribution in [0.15, 0.2) is 36.4 Å². The monoisotopic (exact) mass is 632 g/mol. The first-order valence-corrected chi connectivity index (χ1v) is 15.9. The van der Waals surface area contributed by atoms with Gasteiger partial charge in [0.2, 0.25) is 11.6 Å². The van der Waals surface area contributed by atoms with Gasteiger partial charge in [-0.3, -0.25) is 4.79 Å². The molecule has 0 aliphatic heterocycles. The van der Waals surface area contributed by atoms with Crippen molar-refractivity contribution < 1.29 is 40.6 Å².